The Morgan fingerprint density at radius 3 is 2.82 bits per heavy atom. The Morgan fingerprint density at radius 2 is 2.12 bits per heavy atom. The minimum absolute atomic E-state index is 0.220. The number of aromatic nitrogens is 2. The number of aliphatic hydroxyl groups is 1. The molecular weight excluding hydrogens is 282 g/mol. The second-order valence-corrected chi connectivity index (χ2v) is 5.74. The highest BCUT2D eigenvalue weighted by Gasteiger charge is 2.28. The van der Waals surface area contributed by atoms with E-state index in [-0.39, 0.29) is 6.10 Å². The van der Waals surface area contributed by atoms with Crippen molar-refractivity contribution in [1.82, 2.24) is 9.97 Å². The monoisotopic (exact) mass is 297 g/mol. The molecule has 2 heterocycles. The first kappa shape index (κ1) is 11.4. The fraction of sp³-hybridized carbons (Fsp3) is 0.667. The number of rotatable bonds is 2. The summed E-state index contributed by atoms with van der Waals surface area (Å²) in [6.07, 6.45) is 4.12. The highest BCUT2D eigenvalue weighted by atomic mass is 79.9. The van der Waals surface area contributed by atoms with Gasteiger partial charge in [-0.05, 0) is 41.6 Å². The Bertz CT molecular complexity index is 422. The number of aliphatic hydroxyl groups excluding tert-OH is 1. The number of anilines is 1. The van der Waals surface area contributed by atoms with Crippen molar-refractivity contribution < 1.29 is 5.11 Å². The van der Waals surface area contributed by atoms with Gasteiger partial charge in [-0.15, -0.1) is 0 Å². The maximum Gasteiger partial charge on any atom is 0.135 e. The lowest BCUT2D eigenvalue weighted by Gasteiger charge is -2.31. The van der Waals surface area contributed by atoms with Crippen molar-refractivity contribution in [3.8, 4) is 0 Å². The first-order valence-electron chi connectivity index (χ1n) is 6.20. The average Bonchev–Trinajstić information content (AvgIpc) is 3.12. The number of nitrogens with zero attached hydrogens (tertiary/aromatic N) is 3. The Morgan fingerprint density at radius 1 is 1.29 bits per heavy atom. The molecule has 1 aliphatic heterocycles. The van der Waals surface area contributed by atoms with E-state index in [1.165, 1.54) is 12.8 Å². The molecule has 17 heavy (non-hydrogen) atoms. The summed E-state index contributed by atoms with van der Waals surface area (Å²) in [5.41, 5.74) is 0. The summed E-state index contributed by atoms with van der Waals surface area (Å²) < 4.78 is 0.851. The van der Waals surface area contributed by atoms with Crippen molar-refractivity contribution in [3.05, 3.63) is 16.5 Å². The summed E-state index contributed by atoms with van der Waals surface area (Å²) >= 11 is 3.45. The van der Waals surface area contributed by atoms with Crippen LogP contribution >= 0.6 is 15.9 Å². The van der Waals surface area contributed by atoms with E-state index in [4.69, 9.17) is 0 Å². The molecule has 0 amide bonds. The molecule has 1 aliphatic carbocycles. The van der Waals surface area contributed by atoms with Gasteiger partial charge in [0, 0.05) is 25.1 Å². The standard InChI is InChI=1S/C12H16BrN3O/c13-10-6-11(15-12(14-10)8-3-4-8)16-5-1-2-9(17)7-16/h6,8-9,17H,1-5,7H2. The van der Waals surface area contributed by atoms with Gasteiger partial charge >= 0.3 is 0 Å². The van der Waals surface area contributed by atoms with Crippen molar-refractivity contribution in [2.75, 3.05) is 18.0 Å². The lowest BCUT2D eigenvalue weighted by atomic mass is 10.1. The van der Waals surface area contributed by atoms with Crippen LogP contribution in [-0.2, 0) is 0 Å². The zero-order valence-electron chi connectivity index (χ0n) is 9.64. The number of β-amino-alcohol motifs (C(OH)–C–C–N with tert-alkyl or cyclic N) is 1. The zero-order valence-corrected chi connectivity index (χ0v) is 11.2. The smallest absolute Gasteiger partial charge is 0.135 e. The summed E-state index contributed by atoms with van der Waals surface area (Å²) in [5.74, 6) is 2.46. The molecule has 1 atom stereocenters. The van der Waals surface area contributed by atoms with Gasteiger partial charge < -0.3 is 10.0 Å². The summed E-state index contributed by atoms with van der Waals surface area (Å²) in [6, 6.07) is 1.95. The van der Waals surface area contributed by atoms with E-state index in [1.54, 1.807) is 0 Å². The molecule has 4 nitrogen and oxygen atoms in total. The van der Waals surface area contributed by atoms with Crippen LogP contribution in [0.5, 0.6) is 0 Å². The highest BCUT2D eigenvalue weighted by molar-refractivity contribution is 9.10. The van der Waals surface area contributed by atoms with Gasteiger partial charge in [0.05, 0.1) is 6.10 Å². The topological polar surface area (TPSA) is 49.2 Å². The van der Waals surface area contributed by atoms with Gasteiger partial charge in [-0.25, -0.2) is 9.97 Å². The SMILES string of the molecule is OC1CCCN(c2cc(Br)nc(C3CC3)n2)C1. The first-order valence-corrected chi connectivity index (χ1v) is 6.99. The van der Waals surface area contributed by atoms with Gasteiger partial charge in [-0.3, -0.25) is 0 Å². The molecule has 1 aromatic heterocycles. The quantitative estimate of drug-likeness (QED) is 0.849. The van der Waals surface area contributed by atoms with Gasteiger partial charge in [0.15, 0.2) is 0 Å². The molecule has 0 bridgehead atoms. The molecule has 1 saturated carbocycles. The van der Waals surface area contributed by atoms with Gasteiger partial charge in [0.1, 0.15) is 16.2 Å². The lowest BCUT2D eigenvalue weighted by molar-refractivity contribution is 0.154. The summed E-state index contributed by atoms with van der Waals surface area (Å²) in [6.45, 7) is 1.66. The number of halogens is 1. The second kappa shape index (κ2) is 4.53. The van der Waals surface area contributed by atoms with Crippen molar-refractivity contribution in [2.45, 2.75) is 37.7 Å². The molecule has 2 fully saturated rings. The Labute approximate surface area is 109 Å². The van der Waals surface area contributed by atoms with Gasteiger partial charge in [-0.2, -0.15) is 0 Å². The van der Waals surface area contributed by atoms with Crippen LogP contribution in [0.4, 0.5) is 5.82 Å². The summed E-state index contributed by atoms with van der Waals surface area (Å²) in [7, 11) is 0. The van der Waals surface area contributed by atoms with Crippen LogP contribution in [-0.4, -0.2) is 34.3 Å². The van der Waals surface area contributed by atoms with Crippen LogP contribution in [0.2, 0.25) is 0 Å². The molecule has 0 radical (unpaired) electrons. The molecule has 2 aliphatic rings. The van der Waals surface area contributed by atoms with Gasteiger partial charge in [-0.1, -0.05) is 0 Å². The molecule has 1 N–H and O–H groups in total. The molecular formula is C12H16BrN3O. The highest BCUT2D eigenvalue weighted by Crippen LogP contribution is 2.39. The lowest BCUT2D eigenvalue weighted by Crippen LogP contribution is -2.38. The molecule has 5 heteroatoms. The normalized spacial score (nSPS) is 25.1. The predicted molar refractivity (Wildman–Crippen MR) is 69.2 cm³/mol. The zero-order chi connectivity index (χ0) is 11.8. The fourth-order valence-electron chi connectivity index (χ4n) is 2.27. The van der Waals surface area contributed by atoms with E-state index in [2.05, 4.69) is 30.8 Å². The van der Waals surface area contributed by atoms with Crippen LogP contribution < -0.4 is 4.90 Å². The van der Waals surface area contributed by atoms with Gasteiger partial charge in [0.2, 0.25) is 0 Å². The largest absolute Gasteiger partial charge is 0.391 e. The average molecular weight is 298 g/mol. The van der Waals surface area contributed by atoms with Crippen molar-refractivity contribution in [2.24, 2.45) is 0 Å². The van der Waals surface area contributed by atoms with E-state index in [1.807, 2.05) is 6.07 Å². The van der Waals surface area contributed by atoms with Crippen LogP contribution in [0.3, 0.4) is 0 Å². The minimum Gasteiger partial charge on any atom is -0.391 e. The third-order valence-electron chi connectivity index (χ3n) is 3.36. The van der Waals surface area contributed by atoms with E-state index < -0.39 is 0 Å². The van der Waals surface area contributed by atoms with Crippen LogP contribution in [0.1, 0.15) is 37.4 Å². The minimum atomic E-state index is -0.220. The third kappa shape index (κ3) is 2.60. The van der Waals surface area contributed by atoms with Crippen LogP contribution in [0.25, 0.3) is 0 Å². The molecule has 0 aromatic carbocycles. The van der Waals surface area contributed by atoms with Gasteiger partial charge in [0.25, 0.3) is 0 Å². The number of piperidine rings is 1. The van der Waals surface area contributed by atoms with Crippen LogP contribution in [0, 0.1) is 0 Å². The maximum atomic E-state index is 9.70. The van der Waals surface area contributed by atoms with E-state index in [9.17, 15) is 5.11 Å². The molecule has 1 aromatic rings. The van der Waals surface area contributed by atoms with E-state index in [0.717, 1.165) is 35.6 Å². The first-order chi connectivity index (χ1) is 8.22. The fourth-order valence-corrected chi connectivity index (χ4v) is 2.66. The van der Waals surface area contributed by atoms with Crippen molar-refractivity contribution in [3.63, 3.8) is 0 Å². The Hall–Kier alpha value is -0.680. The second-order valence-electron chi connectivity index (χ2n) is 4.92. The molecule has 3 rings (SSSR count). The molecule has 92 valence electrons. The van der Waals surface area contributed by atoms with E-state index >= 15 is 0 Å². The Kier molecular flexibility index (Phi) is 3.04. The van der Waals surface area contributed by atoms with Crippen molar-refractivity contribution in [1.29, 1.82) is 0 Å². The maximum absolute atomic E-state index is 9.70. The molecule has 1 saturated heterocycles. The van der Waals surface area contributed by atoms with Crippen molar-refractivity contribution >= 4 is 21.7 Å². The van der Waals surface area contributed by atoms with Crippen LogP contribution in [0.15, 0.2) is 10.7 Å². The number of hydrogen-bond donors (Lipinski definition) is 1. The summed E-state index contributed by atoms with van der Waals surface area (Å²) in [5, 5.41) is 9.70. The summed E-state index contributed by atoms with van der Waals surface area (Å²) in [4.78, 5) is 11.2. The molecule has 1 unspecified atom stereocenters. The Balaban J connectivity index is 1.85. The molecule has 0 spiro atoms. The van der Waals surface area contributed by atoms with E-state index in [0.29, 0.717) is 12.5 Å². The third-order valence-corrected chi connectivity index (χ3v) is 3.77. The predicted octanol–water partition coefficient (Wildman–Crippen LogP) is 2.08. The number of hydrogen-bond acceptors (Lipinski definition) is 4.